The Balaban J connectivity index is 1.13. The summed E-state index contributed by atoms with van der Waals surface area (Å²) in [6.45, 7) is -0.486. The number of Topliss-reactive ketones (excluding diaryl/α,β-unsaturated/α-hetero) is 1. The molecule has 3 fully saturated rings. The number of halogens is 2. The molecule has 2 aliphatic carbocycles. The number of fused-ring (bicyclic) bond motifs is 5. The highest BCUT2D eigenvalue weighted by atomic mass is 35.5. The molecule has 6 rings (SSSR count). The molecule has 3 aromatic carbocycles. The minimum Gasteiger partial charge on any atom is -0.454 e. The lowest BCUT2D eigenvalue weighted by Crippen LogP contribution is -2.33. The van der Waals surface area contributed by atoms with E-state index in [1.165, 1.54) is 40.8 Å². The number of hydrogen-bond acceptors (Lipinski definition) is 5. The minimum atomic E-state index is -0.699. The normalized spacial score (nSPS) is 25.5. The largest absolute Gasteiger partial charge is 0.454 e. The number of carbonyl (C=O) groups excluding carboxylic acids is 4. The molecule has 0 radical (unpaired) electrons. The van der Waals surface area contributed by atoms with Gasteiger partial charge < -0.3 is 4.74 Å². The van der Waals surface area contributed by atoms with Gasteiger partial charge in [0.15, 0.2) is 6.61 Å². The highest BCUT2D eigenvalue weighted by Crippen LogP contribution is 2.61. The van der Waals surface area contributed by atoms with E-state index in [1.54, 1.807) is 12.1 Å². The molecule has 0 aromatic heterocycles. The lowest BCUT2D eigenvalue weighted by Gasteiger charge is -2.28. The van der Waals surface area contributed by atoms with Crippen LogP contribution in [0.25, 0.3) is 0 Å². The second-order valence-electron chi connectivity index (χ2n) is 10.1. The van der Waals surface area contributed by atoms with Gasteiger partial charge in [0.25, 0.3) is 0 Å². The molecular weight excluding hydrogens is 525 g/mol. The fourth-order valence-corrected chi connectivity index (χ4v) is 7.07. The zero-order chi connectivity index (χ0) is 26.6. The van der Waals surface area contributed by atoms with Crippen molar-refractivity contribution >= 4 is 52.5 Å². The van der Waals surface area contributed by atoms with E-state index in [0.29, 0.717) is 16.6 Å². The molecule has 2 bridgehead atoms. The smallest absolute Gasteiger partial charge is 0.338 e. The first-order chi connectivity index (χ1) is 18.3. The monoisotopic (exact) mass is 547 g/mol. The van der Waals surface area contributed by atoms with Gasteiger partial charge >= 0.3 is 5.97 Å². The van der Waals surface area contributed by atoms with E-state index >= 15 is 0 Å². The fraction of sp³-hybridized carbons (Fsp3) is 0.267. The summed E-state index contributed by atoms with van der Waals surface area (Å²) in [5.74, 6) is -1.39. The summed E-state index contributed by atoms with van der Waals surface area (Å²) < 4.78 is 5.16. The van der Waals surface area contributed by atoms with Gasteiger partial charge in [-0.15, -0.1) is 0 Å². The van der Waals surface area contributed by atoms with E-state index in [4.69, 9.17) is 27.9 Å². The zero-order valence-electron chi connectivity index (χ0n) is 20.2. The van der Waals surface area contributed by atoms with Crippen LogP contribution in [0.4, 0.5) is 5.69 Å². The summed E-state index contributed by atoms with van der Waals surface area (Å²) in [6.07, 6.45) is 1.83. The Hall–Kier alpha value is -3.48. The number of nitrogens with zero attached hydrogens (tertiary/aromatic N) is 1. The summed E-state index contributed by atoms with van der Waals surface area (Å²) in [5, 5.41) is 0.571. The van der Waals surface area contributed by atoms with E-state index in [2.05, 4.69) is 12.1 Å². The van der Waals surface area contributed by atoms with Gasteiger partial charge in [-0.05, 0) is 78.6 Å². The number of ketones is 1. The van der Waals surface area contributed by atoms with Gasteiger partial charge in [-0.2, -0.15) is 0 Å². The van der Waals surface area contributed by atoms with Gasteiger partial charge in [0.2, 0.25) is 17.6 Å². The Morgan fingerprint density at radius 1 is 0.868 bits per heavy atom. The van der Waals surface area contributed by atoms with Crippen molar-refractivity contribution in [3.63, 3.8) is 0 Å². The molecule has 1 aliphatic heterocycles. The maximum Gasteiger partial charge on any atom is 0.338 e. The number of esters is 1. The third kappa shape index (κ3) is 4.12. The molecule has 0 unspecified atom stereocenters. The van der Waals surface area contributed by atoms with Gasteiger partial charge in [-0.25, -0.2) is 4.79 Å². The van der Waals surface area contributed by atoms with Crippen LogP contribution in [-0.4, -0.2) is 30.2 Å². The minimum absolute atomic E-state index is 0.153. The summed E-state index contributed by atoms with van der Waals surface area (Å²) in [7, 11) is 0. The van der Waals surface area contributed by atoms with E-state index in [-0.39, 0.29) is 51.6 Å². The molecule has 192 valence electrons. The second-order valence-corrected chi connectivity index (χ2v) is 11.0. The van der Waals surface area contributed by atoms with E-state index in [1.807, 2.05) is 18.2 Å². The molecule has 2 saturated carbocycles. The molecule has 3 aromatic rings. The molecule has 2 amide bonds. The van der Waals surface area contributed by atoms with Gasteiger partial charge in [0.05, 0.1) is 28.1 Å². The molecule has 38 heavy (non-hydrogen) atoms. The Morgan fingerprint density at radius 3 is 2.29 bits per heavy atom. The molecule has 6 nitrogen and oxygen atoms in total. The van der Waals surface area contributed by atoms with Crippen molar-refractivity contribution in [3.05, 3.63) is 99.5 Å². The van der Waals surface area contributed by atoms with Crippen LogP contribution in [0, 0.1) is 23.7 Å². The van der Waals surface area contributed by atoms with Crippen LogP contribution in [-0.2, 0) is 14.3 Å². The number of rotatable bonds is 6. The summed E-state index contributed by atoms with van der Waals surface area (Å²) in [6, 6.07) is 20.8. The van der Waals surface area contributed by atoms with E-state index in [0.717, 1.165) is 12.8 Å². The highest BCUT2D eigenvalue weighted by Gasteiger charge is 2.64. The van der Waals surface area contributed by atoms with Gasteiger partial charge in [-0.3, -0.25) is 19.3 Å². The zero-order valence-corrected chi connectivity index (χ0v) is 21.7. The summed E-state index contributed by atoms with van der Waals surface area (Å²) in [4.78, 5) is 53.1. The Kier molecular flexibility index (Phi) is 6.33. The number of amides is 2. The molecular formula is C30H23Cl2NO5. The van der Waals surface area contributed by atoms with Gasteiger partial charge in [0, 0.05) is 10.6 Å². The van der Waals surface area contributed by atoms with Crippen molar-refractivity contribution in [1.82, 2.24) is 0 Å². The van der Waals surface area contributed by atoms with Crippen LogP contribution in [0.3, 0.4) is 0 Å². The van der Waals surface area contributed by atoms with Crippen LogP contribution >= 0.6 is 23.2 Å². The van der Waals surface area contributed by atoms with Crippen LogP contribution in [0.2, 0.25) is 10.0 Å². The molecule has 0 spiro atoms. The molecule has 8 heteroatoms. The topological polar surface area (TPSA) is 80.8 Å². The number of benzene rings is 3. The van der Waals surface area contributed by atoms with E-state index < -0.39 is 18.4 Å². The average Bonchev–Trinajstić information content (AvgIpc) is 3.59. The Labute approximate surface area is 229 Å². The predicted molar refractivity (Wildman–Crippen MR) is 142 cm³/mol. The molecule has 1 heterocycles. The number of ether oxygens (including phenoxy) is 1. The third-order valence-electron chi connectivity index (χ3n) is 8.17. The molecule has 3 aliphatic rings. The molecule has 0 N–H and O–H groups in total. The predicted octanol–water partition coefficient (Wildman–Crippen LogP) is 5.96. The van der Waals surface area contributed by atoms with Crippen LogP contribution in [0.1, 0.15) is 45.0 Å². The van der Waals surface area contributed by atoms with Crippen molar-refractivity contribution in [2.45, 2.75) is 18.8 Å². The first-order valence-electron chi connectivity index (χ1n) is 12.5. The summed E-state index contributed by atoms with van der Waals surface area (Å²) >= 11 is 11.9. The van der Waals surface area contributed by atoms with Crippen LogP contribution < -0.4 is 4.90 Å². The molecule has 1 saturated heterocycles. The average molecular weight is 548 g/mol. The lowest BCUT2D eigenvalue weighted by atomic mass is 9.73. The van der Waals surface area contributed by atoms with Crippen molar-refractivity contribution in [1.29, 1.82) is 0 Å². The fourth-order valence-electron chi connectivity index (χ4n) is 6.55. The highest BCUT2D eigenvalue weighted by molar-refractivity contribution is 6.36. The van der Waals surface area contributed by atoms with Crippen molar-refractivity contribution in [3.8, 4) is 0 Å². The number of hydrogen-bond donors (Lipinski definition) is 0. The number of carbonyl (C=O) groups is 4. The number of anilines is 1. The number of imide groups is 1. The van der Waals surface area contributed by atoms with Gasteiger partial charge in [-0.1, -0.05) is 53.5 Å². The standard InChI is InChI=1S/C30H23Cl2NO5/c31-19-8-11-21(24(32)14-19)25(34)15-38-30(37)17-6-9-20(10-7-17)33-28(35)26-18-12-22(16-4-2-1-3-5-16)23(13-18)27(26)29(33)36/h1-11,14,18,22-23,26-27H,12-13,15H2/t18-,22+,23+,26-,27-/m1/s1. The van der Waals surface area contributed by atoms with Crippen LogP contribution in [0.15, 0.2) is 72.8 Å². The van der Waals surface area contributed by atoms with Crippen molar-refractivity contribution in [2.24, 2.45) is 23.7 Å². The van der Waals surface area contributed by atoms with Crippen molar-refractivity contribution in [2.75, 3.05) is 11.5 Å². The third-order valence-corrected chi connectivity index (χ3v) is 8.72. The first-order valence-corrected chi connectivity index (χ1v) is 13.3. The lowest BCUT2D eigenvalue weighted by molar-refractivity contribution is -0.123. The Bertz CT molecular complexity index is 1460. The van der Waals surface area contributed by atoms with Gasteiger partial charge in [0.1, 0.15) is 0 Å². The van der Waals surface area contributed by atoms with Crippen LogP contribution in [0.5, 0.6) is 0 Å². The maximum absolute atomic E-state index is 13.5. The SMILES string of the molecule is O=C(OCC(=O)c1ccc(Cl)cc1Cl)c1ccc(N2C(=O)[C@@H]3[C@H]4C[C@H]([C@H]3C2=O)[C@H](c2ccccc2)C4)cc1. The van der Waals surface area contributed by atoms with Crippen molar-refractivity contribution < 1.29 is 23.9 Å². The quantitative estimate of drug-likeness (QED) is 0.216. The van der Waals surface area contributed by atoms with E-state index in [9.17, 15) is 19.2 Å². The maximum atomic E-state index is 13.5. The summed E-state index contributed by atoms with van der Waals surface area (Å²) in [5.41, 5.74) is 2.08. The first kappa shape index (κ1) is 24.8. The Morgan fingerprint density at radius 2 is 1.58 bits per heavy atom. The molecule has 5 atom stereocenters. The second kappa shape index (κ2) is 9.68.